The van der Waals surface area contributed by atoms with Crippen LogP contribution in [0.15, 0.2) is 30.9 Å². The smallest absolute Gasteiger partial charge is 0.368 e. The Kier molecular flexibility index (Phi) is 6.07. The predicted molar refractivity (Wildman–Crippen MR) is 73.9 cm³/mol. The third-order valence-electron chi connectivity index (χ3n) is 3.03. The Morgan fingerprint density at radius 1 is 1.17 bits per heavy atom. The summed E-state index contributed by atoms with van der Waals surface area (Å²) in [4.78, 5) is 1.36. The summed E-state index contributed by atoms with van der Waals surface area (Å²) >= 11 is 0. The van der Waals surface area contributed by atoms with Crippen molar-refractivity contribution in [2.45, 2.75) is 25.2 Å². The van der Waals surface area contributed by atoms with E-state index in [1.165, 1.54) is 23.1 Å². The molecule has 0 aromatic heterocycles. The highest BCUT2D eigenvalue weighted by molar-refractivity contribution is 5.55. The number of halogens is 6. The molecule has 0 spiro atoms. The topological polar surface area (TPSA) is 27.0 Å². The molecule has 2 nitrogen and oxygen atoms in total. The lowest BCUT2D eigenvalue weighted by atomic mass is 10.1. The van der Waals surface area contributed by atoms with Gasteiger partial charge in [-0.25, -0.2) is 0 Å². The van der Waals surface area contributed by atoms with Gasteiger partial charge in [-0.1, -0.05) is 6.08 Å². The summed E-state index contributed by atoms with van der Waals surface area (Å²) in [6.45, 7) is 3.47. The predicted octanol–water partition coefficient (Wildman–Crippen LogP) is 4.91. The van der Waals surface area contributed by atoms with Crippen molar-refractivity contribution in [1.82, 2.24) is 0 Å². The Morgan fingerprint density at radius 2 is 1.83 bits per heavy atom. The first-order chi connectivity index (χ1) is 10.6. The highest BCUT2D eigenvalue weighted by atomic mass is 19.4. The minimum absolute atomic E-state index is 0.0747. The van der Waals surface area contributed by atoms with E-state index in [0.717, 1.165) is 12.1 Å². The van der Waals surface area contributed by atoms with E-state index in [9.17, 15) is 26.3 Å². The summed E-state index contributed by atoms with van der Waals surface area (Å²) in [6.07, 6.45) is -8.92. The molecule has 8 heteroatoms. The molecule has 1 aromatic rings. The molecule has 0 saturated heterocycles. The molecular formula is C15H14F6N2. The van der Waals surface area contributed by atoms with E-state index in [-0.39, 0.29) is 25.2 Å². The zero-order chi connectivity index (χ0) is 17.7. The Hall–Kier alpha value is -2.17. The van der Waals surface area contributed by atoms with Crippen molar-refractivity contribution >= 4 is 5.69 Å². The van der Waals surface area contributed by atoms with Crippen molar-refractivity contribution in [3.8, 4) is 6.07 Å². The van der Waals surface area contributed by atoms with Gasteiger partial charge < -0.3 is 4.90 Å². The molecule has 0 unspecified atom stereocenters. The molecule has 126 valence electrons. The van der Waals surface area contributed by atoms with Gasteiger partial charge in [-0.15, -0.1) is 6.58 Å². The molecule has 0 fully saturated rings. The van der Waals surface area contributed by atoms with Crippen molar-refractivity contribution in [3.05, 3.63) is 42.0 Å². The Morgan fingerprint density at radius 3 is 2.30 bits per heavy atom. The molecule has 0 amide bonds. The van der Waals surface area contributed by atoms with Gasteiger partial charge in [0.1, 0.15) is 0 Å². The highest BCUT2D eigenvalue weighted by Crippen LogP contribution is 2.34. The van der Waals surface area contributed by atoms with Crippen molar-refractivity contribution in [2.24, 2.45) is 0 Å². The fourth-order valence-corrected chi connectivity index (χ4v) is 2.01. The lowest BCUT2D eigenvalue weighted by Gasteiger charge is -2.25. The summed E-state index contributed by atoms with van der Waals surface area (Å²) in [5.41, 5.74) is -1.55. The average molecular weight is 336 g/mol. The lowest BCUT2D eigenvalue weighted by Crippen LogP contribution is -2.26. The molecule has 0 aliphatic carbocycles. The molecule has 0 aliphatic heterocycles. The standard InChI is InChI=1S/C15H14F6N2/c1-2-7-23(8-3-6-14(16,17)18)12-5-4-11(10-22)13(9-12)15(19,20)21/h2,4-5,9H,1,3,6-8H2. The van der Waals surface area contributed by atoms with E-state index in [1.54, 1.807) is 0 Å². The van der Waals surface area contributed by atoms with Gasteiger partial charge in [0.15, 0.2) is 0 Å². The second-order valence-electron chi connectivity index (χ2n) is 4.79. The minimum Gasteiger partial charge on any atom is -0.368 e. The normalized spacial score (nSPS) is 11.9. The van der Waals surface area contributed by atoms with Crippen LogP contribution in [0, 0.1) is 11.3 Å². The molecule has 0 aliphatic rings. The zero-order valence-corrected chi connectivity index (χ0v) is 12.0. The third-order valence-corrected chi connectivity index (χ3v) is 3.03. The molecule has 1 rings (SSSR count). The Bertz CT molecular complexity index is 583. The molecule has 23 heavy (non-hydrogen) atoms. The maximum absolute atomic E-state index is 12.9. The quantitative estimate of drug-likeness (QED) is 0.545. The van der Waals surface area contributed by atoms with Gasteiger partial charge >= 0.3 is 12.4 Å². The fraction of sp³-hybridized carbons (Fsp3) is 0.400. The van der Waals surface area contributed by atoms with Crippen LogP contribution < -0.4 is 4.90 Å². The van der Waals surface area contributed by atoms with Crippen LogP contribution in [0.1, 0.15) is 24.0 Å². The second-order valence-corrected chi connectivity index (χ2v) is 4.79. The first kappa shape index (κ1) is 18.9. The molecule has 0 N–H and O–H groups in total. The molecule has 0 radical (unpaired) electrons. The monoisotopic (exact) mass is 336 g/mol. The second kappa shape index (κ2) is 7.40. The van der Waals surface area contributed by atoms with Gasteiger partial charge in [0, 0.05) is 25.2 Å². The average Bonchev–Trinajstić information content (AvgIpc) is 2.43. The van der Waals surface area contributed by atoms with Crippen LogP contribution in [0.25, 0.3) is 0 Å². The SMILES string of the molecule is C=CCN(CCCC(F)(F)F)c1ccc(C#N)c(C(F)(F)F)c1. The maximum Gasteiger partial charge on any atom is 0.417 e. The first-order valence-electron chi connectivity index (χ1n) is 6.62. The molecule has 0 atom stereocenters. The lowest BCUT2D eigenvalue weighted by molar-refractivity contribution is -0.137. The van der Waals surface area contributed by atoms with E-state index in [0.29, 0.717) is 0 Å². The van der Waals surface area contributed by atoms with Gasteiger partial charge in [0.25, 0.3) is 0 Å². The van der Waals surface area contributed by atoms with E-state index in [4.69, 9.17) is 5.26 Å². The number of benzene rings is 1. The minimum atomic E-state index is -4.72. The number of rotatable bonds is 6. The summed E-state index contributed by atoms with van der Waals surface area (Å²) in [6, 6.07) is 4.52. The zero-order valence-electron chi connectivity index (χ0n) is 12.0. The highest BCUT2D eigenvalue weighted by Gasteiger charge is 2.34. The van der Waals surface area contributed by atoms with E-state index >= 15 is 0 Å². The molecule has 0 bridgehead atoms. The van der Waals surface area contributed by atoms with E-state index in [1.807, 2.05) is 0 Å². The molecule has 1 aromatic carbocycles. The number of anilines is 1. The molecule has 0 heterocycles. The van der Waals surface area contributed by atoms with Crippen LogP contribution in [0.3, 0.4) is 0 Å². The van der Waals surface area contributed by atoms with Crippen LogP contribution in [0.4, 0.5) is 32.0 Å². The largest absolute Gasteiger partial charge is 0.417 e. The third kappa shape index (κ3) is 5.85. The van der Waals surface area contributed by atoms with Crippen molar-refractivity contribution in [1.29, 1.82) is 5.26 Å². The number of alkyl halides is 6. The van der Waals surface area contributed by atoms with Crippen molar-refractivity contribution in [3.63, 3.8) is 0 Å². The van der Waals surface area contributed by atoms with E-state index in [2.05, 4.69) is 6.58 Å². The van der Waals surface area contributed by atoms with E-state index < -0.39 is 29.9 Å². The van der Waals surface area contributed by atoms with Gasteiger partial charge in [-0.3, -0.25) is 0 Å². The van der Waals surface area contributed by atoms with Crippen LogP contribution in [-0.2, 0) is 6.18 Å². The van der Waals surface area contributed by atoms with Gasteiger partial charge in [0.05, 0.1) is 17.2 Å². The van der Waals surface area contributed by atoms with Crippen LogP contribution >= 0.6 is 0 Å². The molecule has 0 saturated carbocycles. The van der Waals surface area contributed by atoms with Crippen molar-refractivity contribution in [2.75, 3.05) is 18.0 Å². The number of nitrogens with zero attached hydrogens (tertiary/aromatic N) is 2. The number of hydrogen-bond donors (Lipinski definition) is 0. The Labute approximate surface area is 129 Å². The fourth-order valence-electron chi connectivity index (χ4n) is 2.01. The summed E-state index contributed by atoms with van der Waals surface area (Å²) in [5.74, 6) is 0. The molecular weight excluding hydrogens is 322 g/mol. The number of hydrogen-bond acceptors (Lipinski definition) is 2. The van der Waals surface area contributed by atoms with Gasteiger partial charge in [0.2, 0.25) is 0 Å². The Balaban J connectivity index is 3.04. The summed E-state index contributed by atoms with van der Waals surface area (Å²) in [5, 5.41) is 8.74. The van der Waals surface area contributed by atoms with Crippen molar-refractivity contribution < 1.29 is 26.3 Å². The summed E-state index contributed by atoms with van der Waals surface area (Å²) < 4.78 is 75.4. The van der Waals surface area contributed by atoms with Crippen LogP contribution in [0.2, 0.25) is 0 Å². The first-order valence-corrected chi connectivity index (χ1v) is 6.62. The van der Waals surface area contributed by atoms with Gasteiger partial charge in [-0.05, 0) is 24.6 Å². The van der Waals surface area contributed by atoms with Gasteiger partial charge in [-0.2, -0.15) is 31.6 Å². The van der Waals surface area contributed by atoms with Crippen LogP contribution in [-0.4, -0.2) is 19.3 Å². The van der Waals surface area contributed by atoms with Crippen LogP contribution in [0.5, 0.6) is 0 Å². The summed E-state index contributed by atoms with van der Waals surface area (Å²) in [7, 11) is 0. The number of nitriles is 1. The maximum atomic E-state index is 12.9.